The molecule has 6 heteroatoms. The quantitative estimate of drug-likeness (QED) is 0.452. The average molecular weight is 358 g/mol. The van der Waals surface area contributed by atoms with Gasteiger partial charge in [-0.3, -0.25) is 9.59 Å². The van der Waals surface area contributed by atoms with E-state index in [0.29, 0.717) is 47.3 Å². The molecule has 0 aliphatic rings. The van der Waals surface area contributed by atoms with Crippen LogP contribution < -0.4 is 18.9 Å². The summed E-state index contributed by atoms with van der Waals surface area (Å²) in [5.41, 5.74) is 0.980. The molecular weight excluding hydrogens is 336 g/mol. The van der Waals surface area contributed by atoms with E-state index in [9.17, 15) is 9.59 Å². The highest BCUT2D eigenvalue weighted by atomic mass is 16.5. The summed E-state index contributed by atoms with van der Waals surface area (Å²) in [5, 5.41) is 0. The molecule has 0 aliphatic carbocycles. The topological polar surface area (TPSA) is 71.1 Å². The zero-order chi connectivity index (χ0) is 18.8. The third-order valence-corrected chi connectivity index (χ3v) is 3.74. The van der Waals surface area contributed by atoms with Crippen molar-refractivity contribution in [3.05, 3.63) is 47.5 Å². The second-order valence-electron chi connectivity index (χ2n) is 5.45. The molecule has 6 nitrogen and oxygen atoms in total. The van der Waals surface area contributed by atoms with Gasteiger partial charge in [-0.25, -0.2) is 0 Å². The molecule has 0 aliphatic heterocycles. The summed E-state index contributed by atoms with van der Waals surface area (Å²) in [6.07, 6.45) is 3.11. The minimum Gasteiger partial charge on any atom is -0.496 e. The summed E-state index contributed by atoms with van der Waals surface area (Å²) in [6.45, 7) is 1.06. The van der Waals surface area contributed by atoms with Crippen LogP contribution in [0.15, 0.2) is 36.4 Å². The number of hydrogen-bond donors (Lipinski definition) is 0. The maximum atomic E-state index is 10.9. The van der Waals surface area contributed by atoms with E-state index in [-0.39, 0.29) is 0 Å². The van der Waals surface area contributed by atoms with Gasteiger partial charge in [-0.05, 0) is 37.1 Å². The van der Waals surface area contributed by atoms with Gasteiger partial charge in [0.25, 0.3) is 0 Å². The molecule has 0 fully saturated rings. The van der Waals surface area contributed by atoms with Gasteiger partial charge in [-0.2, -0.15) is 0 Å². The molecule has 0 saturated carbocycles. The molecule has 0 N–H and O–H groups in total. The van der Waals surface area contributed by atoms with Crippen LogP contribution >= 0.6 is 0 Å². The summed E-state index contributed by atoms with van der Waals surface area (Å²) >= 11 is 0. The average Bonchev–Trinajstić information content (AvgIpc) is 2.70. The van der Waals surface area contributed by atoms with Gasteiger partial charge in [0.15, 0.2) is 12.6 Å². The molecule has 0 unspecified atom stereocenters. The van der Waals surface area contributed by atoms with Gasteiger partial charge in [0, 0.05) is 12.1 Å². The molecule has 138 valence electrons. The second-order valence-corrected chi connectivity index (χ2v) is 5.45. The Labute approximate surface area is 152 Å². The summed E-state index contributed by atoms with van der Waals surface area (Å²) in [4.78, 5) is 21.7. The smallest absolute Gasteiger partial charge is 0.153 e. The molecule has 0 bridgehead atoms. The Morgan fingerprint density at radius 2 is 1.15 bits per heavy atom. The van der Waals surface area contributed by atoms with Crippen LogP contribution in [-0.2, 0) is 0 Å². The monoisotopic (exact) mass is 358 g/mol. The number of methoxy groups -OCH3 is 2. The van der Waals surface area contributed by atoms with Crippen LogP contribution in [0.3, 0.4) is 0 Å². The van der Waals surface area contributed by atoms with Crippen LogP contribution in [0.2, 0.25) is 0 Å². The lowest BCUT2D eigenvalue weighted by Gasteiger charge is -2.10. The Kier molecular flexibility index (Phi) is 7.49. The van der Waals surface area contributed by atoms with Crippen LogP contribution in [-0.4, -0.2) is 40.0 Å². The van der Waals surface area contributed by atoms with Crippen molar-refractivity contribution in [2.75, 3.05) is 27.4 Å². The first kappa shape index (κ1) is 19.3. The summed E-state index contributed by atoms with van der Waals surface area (Å²) in [6, 6.07) is 10.2. The van der Waals surface area contributed by atoms with Crippen molar-refractivity contribution in [2.45, 2.75) is 12.8 Å². The standard InChI is InChI=1S/C20H22O6/c1-23-19-11-17(7-5-15(19)13-21)25-9-3-4-10-26-18-8-6-16(14-22)20(12-18)24-2/h5-8,11-14H,3-4,9-10H2,1-2H3. The van der Waals surface area contributed by atoms with E-state index in [1.807, 2.05) is 0 Å². The van der Waals surface area contributed by atoms with Gasteiger partial charge in [-0.1, -0.05) is 0 Å². The van der Waals surface area contributed by atoms with E-state index in [2.05, 4.69) is 0 Å². The molecule has 0 amide bonds. The number of unbranched alkanes of at least 4 members (excludes halogenated alkanes) is 1. The van der Waals surface area contributed by atoms with Crippen LogP contribution in [0.1, 0.15) is 33.6 Å². The van der Waals surface area contributed by atoms with Crippen molar-refractivity contribution in [2.24, 2.45) is 0 Å². The fourth-order valence-electron chi connectivity index (χ4n) is 2.34. The largest absolute Gasteiger partial charge is 0.496 e. The highest BCUT2D eigenvalue weighted by molar-refractivity contribution is 5.80. The normalized spacial score (nSPS) is 10.1. The molecule has 2 rings (SSSR count). The minimum absolute atomic E-state index is 0.490. The summed E-state index contributed by atoms with van der Waals surface area (Å²) < 4.78 is 21.6. The van der Waals surface area contributed by atoms with E-state index in [1.54, 1.807) is 36.4 Å². The lowest BCUT2D eigenvalue weighted by atomic mass is 10.2. The highest BCUT2D eigenvalue weighted by Crippen LogP contribution is 2.24. The van der Waals surface area contributed by atoms with Gasteiger partial charge in [0.05, 0.1) is 38.6 Å². The number of hydrogen-bond acceptors (Lipinski definition) is 6. The van der Waals surface area contributed by atoms with E-state index in [4.69, 9.17) is 18.9 Å². The number of ether oxygens (including phenoxy) is 4. The van der Waals surface area contributed by atoms with Crippen molar-refractivity contribution >= 4 is 12.6 Å². The van der Waals surface area contributed by atoms with Crippen molar-refractivity contribution in [1.29, 1.82) is 0 Å². The lowest BCUT2D eigenvalue weighted by molar-refractivity contribution is 0.111. The Morgan fingerprint density at radius 3 is 1.50 bits per heavy atom. The molecule has 0 spiro atoms. The number of aldehydes is 2. The SMILES string of the molecule is COc1cc(OCCCCOc2ccc(C=O)c(OC)c2)ccc1C=O. The van der Waals surface area contributed by atoms with Crippen molar-refractivity contribution in [3.8, 4) is 23.0 Å². The lowest BCUT2D eigenvalue weighted by Crippen LogP contribution is -2.03. The van der Waals surface area contributed by atoms with E-state index in [1.165, 1.54) is 14.2 Å². The Hall–Kier alpha value is -3.02. The molecule has 26 heavy (non-hydrogen) atoms. The first-order valence-corrected chi connectivity index (χ1v) is 8.24. The Bertz CT molecular complexity index is 678. The van der Waals surface area contributed by atoms with Gasteiger partial charge < -0.3 is 18.9 Å². The van der Waals surface area contributed by atoms with Gasteiger partial charge in [-0.15, -0.1) is 0 Å². The molecule has 0 saturated heterocycles. The molecule has 0 aromatic heterocycles. The molecule has 0 radical (unpaired) electrons. The van der Waals surface area contributed by atoms with Crippen LogP contribution in [0.4, 0.5) is 0 Å². The third-order valence-electron chi connectivity index (χ3n) is 3.74. The molecule has 2 aromatic carbocycles. The Balaban J connectivity index is 1.73. The van der Waals surface area contributed by atoms with Crippen LogP contribution in [0, 0.1) is 0 Å². The number of benzene rings is 2. The fraction of sp³-hybridized carbons (Fsp3) is 0.300. The van der Waals surface area contributed by atoms with E-state index in [0.717, 1.165) is 25.4 Å². The van der Waals surface area contributed by atoms with E-state index >= 15 is 0 Å². The van der Waals surface area contributed by atoms with Crippen molar-refractivity contribution < 1.29 is 28.5 Å². The highest BCUT2D eigenvalue weighted by Gasteiger charge is 2.05. The van der Waals surface area contributed by atoms with Crippen LogP contribution in [0.5, 0.6) is 23.0 Å². The number of rotatable bonds is 11. The molecule has 2 aromatic rings. The fourth-order valence-corrected chi connectivity index (χ4v) is 2.34. The maximum absolute atomic E-state index is 10.9. The zero-order valence-corrected chi connectivity index (χ0v) is 14.9. The van der Waals surface area contributed by atoms with E-state index < -0.39 is 0 Å². The minimum atomic E-state index is 0.490. The first-order chi connectivity index (χ1) is 12.7. The number of carbonyl (C=O) groups is 2. The molecular formula is C20H22O6. The first-order valence-electron chi connectivity index (χ1n) is 8.24. The third kappa shape index (κ3) is 5.24. The summed E-state index contributed by atoms with van der Waals surface area (Å²) in [7, 11) is 3.03. The maximum Gasteiger partial charge on any atom is 0.153 e. The van der Waals surface area contributed by atoms with Crippen LogP contribution in [0.25, 0.3) is 0 Å². The van der Waals surface area contributed by atoms with Crippen molar-refractivity contribution in [1.82, 2.24) is 0 Å². The second kappa shape index (κ2) is 10.1. The molecule has 0 heterocycles. The molecule has 0 atom stereocenters. The predicted molar refractivity (Wildman–Crippen MR) is 97.0 cm³/mol. The predicted octanol–water partition coefficient (Wildman–Crippen LogP) is 3.57. The zero-order valence-electron chi connectivity index (χ0n) is 14.9. The number of carbonyl (C=O) groups excluding carboxylic acids is 2. The van der Waals surface area contributed by atoms with Gasteiger partial charge in [0.1, 0.15) is 23.0 Å². The Morgan fingerprint density at radius 1 is 0.731 bits per heavy atom. The van der Waals surface area contributed by atoms with Gasteiger partial charge >= 0.3 is 0 Å². The van der Waals surface area contributed by atoms with Gasteiger partial charge in [0.2, 0.25) is 0 Å². The summed E-state index contributed by atoms with van der Waals surface area (Å²) in [5.74, 6) is 2.30. The van der Waals surface area contributed by atoms with Crippen molar-refractivity contribution in [3.63, 3.8) is 0 Å².